The monoisotopic (exact) mass is 414 g/mol. The van der Waals surface area contributed by atoms with Crippen molar-refractivity contribution in [2.75, 3.05) is 5.32 Å². The summed E-state index contributed by atoms with van der Waals surface area (Å²) in [6.45, 7) is 2.09. The summed E-state index contributed by atoms with van der Waals surface area (Å²) in [6.07, 6.45) is 1.08. The zero-order chi connectivity index (χ0) is 19.9. The third-order valence-electron chi connectivity index (χ3n) is 3.92. The zero-order valence-corrected chi connectivity index (χ0v) is 16.8. The first-order chi connectivity index (χ1) is 13.5. The lowest BCUT2D eigenvalue weighted by Crippen LogP contribution is -2.44. The largest absolute Gasteiger partial charge is 0.331 e. The van der Waals surface area contributed by atoms with Gasteiger partial charge in [-0.15, -0.1) is 11.3 Å². The Morgan fingerprint density at radius 1 is 1.11 bits per heavy atom. The van der Waals surface area contributed by atoms with Crippen molar-refractivity contribution in [3.63, 3.8) is 0 Å². The van der Waals surface area contributed by atoms with Gasteiger partial charge in [-0.1, -0.05) is 19.1 Å². The van der Waals surface area contributed by atoms with E-state index in [2.05, 4.69) is 28.1 Å². The van der Waals surface area contributed by atoms with E-state index in [-0.39, 0.29) is 18.1 Å². The summed E-state index contributed by atoms with van der Waals surface area (Å²) in [5, 5.41) is 5.85. The number of carbonyl (C=O) groups is 1. The Morgan fingerprint density at radius 3 is 2.50 bits per heavy atom. The number of anilines is 1. The van der Waals surface area contributed by atoms with Crippen LogP contribution in [0.4, 0.5) is 10.1 Å². The normalized spacial score (nSPS) is 10.4. The highest BCUT2D eigenvalue weighted by Gasteiger charge is 2.09. The summed E-state index contributed by atoms with van der Waals surface area (Å²) in [7, 11) is 0. The van der Waals surface area contributed by atoms with Crippen LogP contribution in [-0.2, 0) is 17.6 Å². The molecule has 3 rings (SSSR count). The summed E-state index contributed by atoms with van der Waals surface area (Å²) < 4.78 is 13.0. The van der Waals surface area contributed by atoms with E-state index in [4.69, 9.17) is 12.2 Å². The lowest BCUT2D eigenvalue weighted by Gasteiger charge is -2.11. The molecule has 0 aliphatic carbocycles. The molecule has 1 amide bonds. The number of carbonyl (C=O) groups excluding carboxylic acids is 1. The number of nitrogens with one attached hydrogen (secondary N) is 3. The first kappa shape index (κ1) is 19.9. The van der Waals surface area contributed by atoms with E-state index in [1.165, 1.54) is 29.0 Å². The second-order valence-electron chi connectivity index (χ2n) is 6.01. The fourth-order valence-electron chi connectivity index (χ4n) is 2.43. The van der Waals surface area contributed by atoms with Crippen molar-refractivity contribution in [3.05, 3.63) is 71.0 Å². The van der Waals surface area contributed by atoms with Crippen LogP contribution in [0.25, 0.3) is 10.6 Å². The fourth-order valence-corrected chi connectivity index (χ4v) is 3.43. The van der Waals surface area contributed by atoms with Gasteiger partial charge in [0.2, 0.25) is 5.91 Å². The maximum atomic E-state index is 13.0. The number of hydrazine groups is 1. The number of thiocarbonyl (C=S) groups is 1. The van der Waals surface area contributed by atoms with Crippen LogP contribution in [0.3, 0.4) is 0 Å². The van der Waals surface area contributed by atoms with Crippen LogP contribution in [0.15, 0.2) is 53.9 Å². The minimum atomic E-state index is -0.295. The molecule has 0 spiro atoms. The van der Waals surface area contributed by atoms with E-state index < -0.39 is 0 Å². The van der Waals surface area contributed by atoms with Gasteiger partial charge in [-0.25, -0.2) is 9.37 Å². The zero-order valence-electron chi connectivity index (χ0n) is 15.2. The van der Waals surface area contributed by atoms with Crippen LogP contribution < -0.4 is 16.2 Å². The predicted molar refractivity (Wildman–Crippen MR) is 115 cm³/mol. The van der Waals surface area contributed by atoms with E-state index in [1.54, 1.807) is 12.1 Å². The number of benzene rings is 2. The number of rotatable bonds is 5. The topological polar surface area (TPSA) is 66.0 Å². The molecule has 0 atom stereocenters. The molecule has 0 unspecified atom stereocenters. The summed E-state index contributed by atoms with van der Waals surface area (Å²) >= 11 is 6.59. The van der Waals surface area contributed by atoms with Gasteiger partial charge in [0.1, 0.15) is 10.8 Å². The third kappa shape index (κ3) is 5.58. The molecule has 1 aromatic heterocycles. The number of thiazole rings is 1. The van der Waals surface area contributed by atoms with E-state index in [0.717, 1.165) is 22.7 Å². The van der Waals surface area contributed by atoms with Crippen molar-refractivity contribution in [1.82, 2.24) is 15.8 Å². The van der Waals surface area contributed by atoms with Gasteiger partial charge in [-0.05, 0) is 60.6 Å². The molecule has 0 radical (unpaired) electrons. The first-order valence-corrected chi connectivity index (χ1v) is 9.97. The summed E-state index contributed by atoms with van der Waals surface area (Å²) in [5.41, 5.74) is 8.76. The number of nitrogens with zero attached hydrogens (tertiary/aromatic N) is 1. The van der Waals surface area contributed by atoms with Gasteiger partial charge in [-0.3, -0.25) is 15.6 Å². The Hall–Kier alpha value is -2.84. The highest BCUT2D eigenvalue weighted by Crippen LogP contribution is 2.24. The lowest BCUT2D eigenvalue weighted by molar-refractivity contribution is -0.121. The number of hydrogen-bond acceptors (Lipinski definition) is 4. The second kappa shape index (κ2) is 9.38. The Bertz CT molecular complexity index is 955. The second-order valence-corrected chi connectivity index (χ2v) is 7.27. The molecule has 0 saturated heterocycles. The standard InChI is InChI=1S/C20H19FN4OS2/c1-2-13-3-9-16(10-4-13)23-20(27)25-24-18(26)11-17-12-28-19(22-17)14-5-7-15(21)8-6-14/h3-10,12H,2,11H2,1H3,(H,24,26)(H2,23,25,27). The SMILES string of the molecule is CCc1ccc(NC(=S)NNC(=O)Cc2csc(-c3ccc(F)cc3)n2)cc1. The molecule has 3 aromatic rings. The number of aromatic nitrogens is 1. The van der Waals surface area contributed by atoms with Gasteiger partial charge in [0.15, 0.2) is 5.11 Å². The quantitative estimate of drug-likeness (QED) is 0.434. The van der Waals surface area contributed by atoms with Gasteiger partial charge >= 0.3 is 0 Å². The average molecular weight is 415 g/mol. The predicted octanol–water partition coefficient (Wildman–Crippen LogP) is 4.07. The molecular formula is C20H19FN4OS2. The van der Waals surface area contributed by atoms with Crippen LogP contribution in [0, 0.1) is 5.82 Å². The van der Waals surface area contributed by atoms with Gasteiger partial charge in [0.25, 0.3) is 0 Å². The van der Waals surface area contributed by atoms with E-state index in [1.807, 2.05) is 29.6 Å². The van der Waals surface area contributed by atoms with E-state index in [0.29, 0.717) is 10.8 Å². The first-order valence-electron chi connectivity index (χ1n) is 8.68. The minimum Gasteiger partial charge on any atom is -0.331 e. The molecule has 8 heteroatoms. The molecule has 0 aliphatic rings. The highest BCUT2D eigenvalue weighted by atomic mass is 32.1. The van der Waals surface area contributed by atoms with Gasteiger partial charge in [-0.2, -0.15) is 0 Å². The summed E-state index contributed by atoms with van der Waals surface area (Å²) in [5.74, 6) is -0.557. The fraction of sp³-hybridized carbons (Fsp3) is 0.150. The Labute approximate surface area is 172 Å². The maximum Gasteiger partial charge on any atom is 0.244 e. The number of hydrogen-bond donors (Lipinski definition) is 3. The van der Waals surface area contributed by atoms with Crippen molar-refractivity contribution in [1.29, 1.82) is 0 Å². The van der Waals surface area contributed by atoms with Gasteiger partial charge in [0.05, 0.1) is 12.1 Å². The van der Waals surface area contributed by atoms with Gasteiger partial charge < -0.3 is 5.32 Å². The van der Waals surface area contributed by atoms with Crippen LogP contribution in [-0.4, -0.2) is 16.0 Å². The van der Waals surface area contributed by atoms with Crippen LogP contribution >= 0.6 is 23.6 Å². The van der Waals surface area contributed by atoms with Crippen molar-refractivity contribution in [2.24, 2.45) is 0 Å². The molecule has 144 valence electrons. The molecular weight excluding hydrogens is 395 g/mol. The summed E-state index contributed by atoms with van der Waals surface area (Å²) in [4.78, 5) is 16.5. The molecule has 0 saturated carbocycles. The van der Waals surface area contributed by atoms with Crippen LogP contribution in [0.1, 0.15) is 18.2 Å². The molecule has 1 heterocycles. The molecule has 0 aliphatic heterocycles. The number of amides is 1. The number of halogens is 1. The van der Waals surface area contributed by atoms with Gasteiger partial charge in [0, 0.05) is 16.6 Å². The van der Waals surface area contributed by atoms with E-state index >= 15 is 0 Å². The number of aryl methyl sites for hydroxylation is 1. The summed E-state index contributed by atoms with van der Waals surface area (Å²) in [6, 6.07) is 14.0. The van der Waals surface area contributed by atoms with Crippen molar-refractivity contribution >= 4 is 40.3 Å². The van der Waals surface area contributed by atoms with Crippen LogP contribution in [0.2, 0.25) is 0 Å². The third-order valence-corrected chi connectivity index (χ3v) is 5.06. The Morgan fingerprint density at radius 2 is 1.82 bits per heavy atom. The molecule has 5 nitrogen and oxygen atoms in total. The lowest BCUT2D eigenvalue weighted by atomic mass is 10.1. The highest BCUT2D eigenvalue weighted by molar-refractivity contribution is 7.80. The Balaban J connectivity index is 1.47. The molecule has 0 bridgehead atoms. The smallest absolute Gasteiger partial charge is 0.244 e. The molecule has 28 heavy (non-hydrogen) atoms. The minimum absolute atomic E-state index is 0.110. The Kier molecular flexibility index (Phi) is 6.67. The molecule has 0 fully saturated rings. The van der Waals surface area contributed by atoms with Crippen molar-refractivity contribution < 1.29 is 9.18 Å². The van der Waals surface area contributed by atoms with E-state index in [9.17, 15) is 9.18 Å². The van der Waals surface area contributed by atoms with Crippen LogP contribution in [0.5, 0.6) is 0 Å². The molecule has 2 aromatic carbocycles. The van der Waals surface area contributed by atoms with Crippen molar-refractivity contribution in [2.45, 2.75) is 19.8 Å². The molecule has 3 N–H and O–H groups in total. The maximum absolute atomic E-state index is 13.0. The average Bonchev–Trinajstić information content (AvgIpc) is 3.16. The van der Waals surface area contributed by atoms with Crippen molar-refractivity contribution in [3.8, 4) is 10.6 Å².